The molecule has 0 aliphatic carbocycles. The van der Waals surface area contributed by atoms with Gasteiger partial charge in [-0.3, -0.25) is 0 Å². The molecular formula is C17H36. The van der Waals surface area contributed by atoms with E-state index < -0.39 is 0 Å². The van der Waals surface area contributed by atoms with Crippen molar-refractivity contribution >= 4 is 0 Å². The van der Waals surface area contributed by atoms with Gasteiger partial charge in [0.05, 0.1) is 0 Å². The van der Waals surface area contributed by atoms with Crippen molar-refractivity contribution in [1.82, 2.24) is 0 Å². The van der Waals surface area contributed by atoms with Gasteiger partial charge in [-0.05, 0) is 23.7 Å². The van der Waals surface area contributed by atoms with Crippen LogP contribution >= 0.6 is 0 Å². The van der Waals surface area contributed by atoms with Gasteiger partial charge in [-0.1, -0.05) is 86.5 Å². The van der Waals surface area contributed by atoms with E-state index in [1.165, 1.54) is 57.8 Å². The standard InChI is InChI=1S/C17H36/c1-7-16(3,4)14-12-10-9-11-13-15-17(5,6)8-2/h7-15H2,1-6H3. The number of rotatable bonds is 10. The van der Waals surface area contributed by atoms with Crippen molar-refractivity contribution in [3.05, 3.63) is 0 Å². The predicted octanol–water partition coefficient (Wildman–Crippen LogP) is 6.59. The van der Waals surface area contributed by atoms with E-state index in [4.69, 9.17) is 0 Å². The summed E-state index contributed by atoms with van der Waals surface area (Å²) in [6, 6.07) is 0. The third-order valence-electron chi connectivity index (χ3n) is 4.62. The molecule has 0 nitrogen and oxygen atoms in total. The van der Waals surface area contributed by atoms with Crippen LogP contribution in [0, 0.1) is 10.8 Å². The summed E-state index contributed by atoms with van der Waals surface area (Å²) in [6.07, 6.45) is 12.6. The first-order valence-corrected chi connectivity index (χ1v) is 7.83. The van der Waals surface area contributed by atoms with Crippen LogP contribution in [0.1, 0.15) is 99.3 Å². The molecule has 104 valence electrons. The number of unbranched alkanes of at least 4 members (excludes halogenated alkanes) is 4. The Bertz CT molecular complexity index is 156. The molecular weight excluding hydrogens is 204 g/mol. The van der Waals surface area contributed by atoms with Crippen LogP contribution in [0.25, 0.3) is 0 Å². The minimum absolute atomic E-state index is 0.574. The minimum Gasteiger partial charge on any atom is -0.0649 e. The molecule has 0 aromatic carbocycles. The van der Waals surface area contributed by atoms with Crippen LogP contribution in [-0.4, -0.2) is 0 Å². The lowest BCUT2D eigenvalue weighted by molar-refractivity contribution is 0.297. The molecule has 0 unspecified atom stereocenters. The molecule has 0 aliphatic heterocycles. The van der Waals surface area contributed by atoms with Crippen molar-refractivity contribution in [2.24, 2.45) is 10.8 Å². The molecule has 0 bridgehead atoms. The molecule has 0 aliphatic rings. The Morgan fingerprint density at radius 2 is 0.824 bits per heavy atom. The average molecular weight is 240 g/mol. The molecule has 0 heteroatoms. The fraction of sp³-hybridized carbons (Fsp3) is 1.00. The van der Waals surface area contributed by atoms with Crippen LogP contribution in [0.2, 0.25) is 0 Å². The van der Waals surface area contributed by atoms with Gasteiger partial charge in [0.25, 0.3) is 0 Å². The van der Waals surface area contributed by atoms with E-state index in [2.05, 4.69) is 41.5 Å². The van der Waals surface area contributed by atoms with Crippen LogP contribution in [-0.2, 0) is 0 Å². The van der Waals surface area contributed by atoms with Gasteiger partial charge in [0.2, 0.25) is 0 Å². The number of hydrogen-bond donors (Lipinski definition) is 0. The summed E-state index contributed by atoms with van der Waals surface area (Å²) in [6.45, 7) is 14.2. The first-order chi connectivity index (χ1) is 7.83. The van der Waals surface area contributed by atoms with E-state index in [0.29, 0.717) is 10.8 Å². The van der Waals surface area contributed by atoms with E-state index in [-0.39, 0.29) is 0 Å². The zero-order valence-corrected chi connectivity index (χ0v) is 13.4. The molecule has 17 heavy (non-hydrogen) atoms. The topological polar surface area (TPSA) is 0 Å². The second kappa shape index (κ2) is 8.16. The third-order valence-corrected chi connectivity index (χ3v) is 4.62. The largest absolute Gasteiger partial charge is 0.0649 e. The second-order valence-corrected chi connectivity index (χ2v) is 7.30. The Labute approximate surface area is 111 Å². The molecule has 0 spiro atoms. The van der Waals surface area contributed by atoms with Gasteiger partial charge in [0, 0.05) is 0 Å². The smallest absolute Gasteiger partial charge is 0.0357 e. The highest BCUT2D eigenvalue weighted by molar-refractivity contribution is 4.67. The Morgan fingerprint density at radius 3 is 1.12 bits per heavy atom. The third kappa shape index (κ3) is 9.68. The summed E-state index contributed by atoms with van der Waals surface area (Å²) in [7, 11) is 0. The van der Waals surface area contributed by atoms with E-state index >= 15 is 0 Å². The molecule has 0 aromatic rings. The lowest BCUT2D eigenvalue weighted by Gasteiger charge is -2.23. The van der Waals surface area contributed by atoms with Crippen molar-refractivity contribution in [1.29, 1.82) is 0 Å². The van der Waals surface area contributed by atoms with Gasteiger partial charge in [-0.25, -0.2) is 0 Å². The monoisotopic (exact) mass is 240 g/mol. The molecule has 0 heterocycles. The van der Waals surface area contributed by atoms with Crippen LogP contribution in [0.15, 0.2) is 0 Å². The van der Waals surface area contributed by atoms with Gasteiger partial charge in [0.15, 0.2) is 0 Å². The van der Waals surface area contributed by atoms with Gasteiger partial charge in [-0.15, -0.1) is 0 Å². The van der Waals surface area contributed by atoms with Crippen LogP contribution in [0.4, 0.5) is 0 Å². The molecule has 0 saturated heterocycles. The van der Waals surface area contributed by atoms with Crippen LogP contribution < -0.4 is 0 Å². The van der Waals surface area contributed by atoms with Gasteiger partial charge in [-0.2, -0.15) is 0 Å². The maximum absolute atomic E-state index is 2.40. The van der Waals surface area contributed by atoms with Crippen molar-refractivity contribution in [3.8, 4) is 0 Å². The van der Waals surface area contributed by atoms with E-state index in [1.807, 2.05) is 0 Å². The summed E-state index contributed by atoms with van der Waals surface area (Å²) in [5.41, 5.74) is 1.15. The van der Waals surface area contributed by atoms with Crippen molar-refractivity contribution < 1.29 is 0 Å². The Kier molecular flexibility index (Phi) is 8.16. The normalized spacial score (nSPS) is 13.1. The van der Waals surface area contributed by atoms with E-state index in [0.717, 1.165) is 0 Å². The summed E-state index contributed by atoms with van der Waals surface area (Å²) in [4.78, 5) is 0. The van der Waals surface area contributed by atoms with E-state index in [9.17, 15) is 0 Å². The first-order valence-electron chi connectivity index (χ1n) is 7.83. The summed E-state index contributed by atoms with van der Waals surface area (Å²) in [5.74, 6) is 0. The van der Waals surface area contributed by atoms with Crippen molar-refractivity contribution in [2.75, 3.05) is 0 Å². The SMILES string of the molecule is CCC(C)(C)CCCCCCCC(C)(C)CC. The summed E-state index contributed by atoms with van der Waals surface area (Å²) >= 11 is 0. The molecule has 0 atom stereocenters. The van der Waals surface area contributed by atoms with E-state index in [1.54, 1.807) is 0 Å². The number of hydrogen-bond acceptors (Lipinski definition) is 0. The minimum atomic E-state index is 0.574. The van der Waals surface area contributed by atoms with Gasteiger partial charge in [0.1, 0.15) is 0 Å². The van der Waals surface area contributed by atoms with Gasteiger partial charge < -0.3 is 0 Å². The maximum atomic E-state index is 2.40. The van der Waals surface area contributed by atoms with Crippen LogP contribution in [0.3, 0.4) is 0 Å². The highest BCUT2D eigenvalue weighted by Crippen LogP contribution is 2.29. The zero-order valence-electron chi connectivity index (χ0n) is 13.4. The molecule has 0 fully saturated rings. The van der Waals surface area contributed by atoms with Crippen molar-refractivity contribution in [3.63, 3.8) is 0 Å². The second-order valence-electron chi connectivity index (χ2n) is 7.30. The highest BCUT2D eigenvalue weighted by atomic mass is 14.2. The Balaban J connectivity index is 3.36. The molecule has 0 rings (SSSR count). The average Bonchev–Trinajstić information content (AvgIpc) is 2.27. The quantitative estimate of drug-likeness (QED) is 0.378. The molecule has 0 N–H and O–H groups in total. The fourth-order valence-electron chi connectivity index (χ4n) is 2.09. The molecule has 0 amide bonds. The summed E-state index contributed by atoms with van der Waals surface area (Å²) in [5, 5.41) is 0. The molecule has 0 saturated carbocycles. The Hall–Kier alpha value is 0. The molecule has 0 radical (unpaired) electrons. The van der Waals surface area contributed by atoms with Gasteiger partial charge >= 0.3 is 0 Å². The Morgan fingerprint density at radius 1 is 0.529 bits per heavy atom. The summed E-state index contributed by atoms with van der Waals surface area (Å²) < 4.78 is 0. The predicted molar refractivity (Wildman–Crippen MR) is 80.5 cm³/mol. The zero-order chi connectivity index (χ0) is 13.4. The van der Waals surface area contributed by atoms with Crippen LogP contribution in [0.5, 0.6) is 0 Å². The fourth-order valence-corrected chi connectivity index (χ4v) is 2.09. The lowest BCUT2D eigenvalue weighted by Crippen LogP contribution is -2.09. The first kappa shape index (κ1) is 17.0. The molecule has 0 aromatic heterocycles. The maximum Gasteiger partial charge on any atom is -0.0357 e. The highest BCUT2D eigenvalue weighted by Gasteiger charge is 2.15. The lowest BCUT2D eigenvalue weighted by atomic mass is 9.83. The van der Waals surface area contributed by atoms with Crippen molar-refractivity contribution in [2.45, 2.75) is 99.3 Å².